The van der Waals surface area contributed by atoms with Gasteiger partial charge in [-0.2, -0.15) is 0 Å². The van der Waals surface area contributed by atoms with Crippen molar-refractivity contribution < 1.29 is 47.7 Å². The zero-order valence-electron chi connectivity index (χ0n) is 21.5. The van der Waals surface area contributed by atoms with Crippen LogP contribution in [-0.4, -0.2) is 62.5 Å². The highest BCUT2D eigenvalue weighted by molar-refractivity contribution is 6.30. The number of ketones is 2. The first-order valence-electron chi connectivity index (χ1n) is 13.1. The molecule has 2 aromatic rings. The maximum Gasteiger partial charge on any atom is 0.338 e. The van der Waals surface area contributed by atoms with E-state index >= 15 is 0 Å². The summed E-state index contributed by atoms with van der Waals surface area (Å²) in [5.74, 6) is -4.18. The van der Waals surface area contributed by atoms with E-state index in [1.54, 1.807) is 6.92 Å². The molecule has 0 saturated carbocycles. The van der Waals surface area contributed by atoms with Crippen LogP contribution in [0.5, 0.6) is 11.5 Å². The number of carbonyl (C=O) groups excluding carboxylic acids is 5. The average Bonchev–Trinajstić information content (AvgIpc) is 2.96. The summed E-state index contributed by atoms with van der Waals surface area (Å²) in [4.78, 5) is 66.0. The number of carbonyl (C=O) groups is 5. The first kappa shape index (κ1) is 26.7. The highest BCUT2D eigenvalue weighted by Gasteiger charge is 2.38. The standard InChI is InChI=1S/C29H28O10/c1-2-37-27(32)18-14-20-24(22(15-18)39-29(34)17-8-12-36-13-9-17)26(31)23-19(25(20)30)4-3-5-21(23)38-28(33)16-6-10-35-11-7-16/h3-5,14-17H,2,6-13H2,1H3. The molecule has 0 amide bonds. The van der Waals surface area contributed by atoms with Crippen molar-refractivity contribution in [1.82, 2.24) is 0 Å². The Balaban J connectivity index is 1.55. The van der Waals surface area contributed by atoms with Gasteiger partial charge in [0.05, 0.1) is 35.1 Å². The molecule has 0 spiro atoms. The van der Waals surface area contributed by atoms with Crippen LogP contribution in [0, 0.1) is 11.8 Å². The lowest BCUT2D eigenvalue weighted by molar-refractivity contribution is -0.142. The largest absolute Gasteiger partial charge is 0.462 e. The van der Waals surface area contributed by atoms with Crippen molar-refractivity contribution in [3.8, 4) is 11.5 Å². The van der Waals surface area contributed by atoms with E-state index in [2.05, 4.69) is 0 Å². The topological polar surface area (TPSA) is 132 Å². The molecule has 2 saturated heterocycles. The van der Waals surface area contributed by atoms with Gasteiger partial charge in [0, 0.05) is 37.6 Å². The Kier molecular flexibility index (Phi) is 7.85. The molecule has 0 unspecified atom stereocenters. The van der Waals surface area contributed by atoms with Crippen LogP contribution in [-0.2, 0) is 23.8 Å². The van der Waals surface area contributed by atoms with Gasteiger partial charge in [0.25, 0.3) is 0 Å². The van der Waals surface area contributed by atoms with Gasteiger partial charge in [-0.05, 0) is 50.8 Å². The fourth-order valence-electron chi connectivity index (χ4n) is 5.00. The molecule has 1 aliphatic carbocycles. The molecule has 0 aromatic heterocycles. The summed E-state index contributed by atoms with van der Waals surface area (Å²) in [5, 5.41) is 0. The summed E-state index contributed by atoms with van der Waals surface area (Å²) in [6.45, 7) is 3.38. The fraction of sp³-hybridized carbons (Fsp3) is 0.414. The summed E-state index contributed by atoms with van der Waals surface area (Å²) in [6.07, 6.45) is 1.88. The van der Waals surface area contributed by atoms with Crippen molar-refractivity contribution in [3.05, 3.63) is 58.1 Å². The first-order chi connectivity index (χ1) is 18.9. The lowest BCUT2D eigenvalue weighted by Gasteiger charge is -2.25. The molecule has 2 aliphatic heterocycles. The Morgan fingerprint density at radius 2 is 1.33 bits per heavy atom. The molecule has 5 rings (SSSR count). The minimum Gasteiger partial charge on any atom is -0.462 e. The van der Waals surface area contributed by atoms with Crippen LogP contribution in [0.1, 0.15) is 74.8 Å². The van der Waals surface area contributed by atoms with E-state index in [1.165, 1.54) is 30.3 Å². The van der Waals surface area contributed by atoms with Crippen LogP contribution in [0.2, 0.25) is 0 Å². The molecule has 204 valence electrons. The molecular formula is C29H28O10. The number of rotatable bonds is 6. The van der Waals surface area contributed by atoms with Crippen LogP contribution in [0.25, 0.3) is 0 Å². The second-order valence-corrected chi connectivity index (χ2v) is 9.57. The molecule has 10 nitrogen and oxygen atoms in total. The van der Waals surface area contributed by atoms with Crippen molar-refractivity contribution in [1.29, 1.82) is 0 Å². The van der Waals surface area contributed by atoms with Gasteiger partial charge in [-0.25, -0.2) is 4.79 Å². The van der Waals surface area contributed by atoms with Gasteiger partial charge in [0.15, 0.2) is 5.78 Å². The molecule has 0 bridgehead atoms. The predicted molar refractivity (Wildman–Crippen MR) is 134 cm³/mol. The van der Waals surface area contributed by atoms with Crippen LogP contribution >= 0.6 is 0 Å². The van der Waals surface area contributed by atoms with Crippen molar-refractivity contribution >= 4 is 29.5 Å². The smallest absolute Gasteiger partial charge is 0.338 e. The van der Waals surface area contributed by atoms with Gasteiger partial charge in [-0.15, -0.1) is 0 Å². The van der Waals surface area contributed by atoms with Crippen molar-refractivity contribution in [2.75, 3.05) is 33.0 Å². The normalized spacial score (nSPS) is 17.7. The third-order valence-corrected chi connectivity index (χ3v) is 7.11. The lowest BCUT2D eigenvalue weighted by Crippen LogP contribution is -2.30. The van der Waals surface area contributed by atoms with E-state index in [9.17, 15) is 24.0 Å². The maximum absolute atomic E-state index is 13.9. The maximum atomic E-state index is 13.9. The average molecular weight is 537 g/mol. The molecule has 2 heterocycles. The van der Waals surface area contributed by atoms with E-state index in [4.69, 9.17) is 23.7 Å². The molecule has 0 N–H and O–H groups in total. The van der Waals surface area contributed by atoms with Gasteiger partial charge < -0.3 is 23.7 Å². The van der Waals surface area contributed by atoms with E-state index < -0.39 is 35.4 Å². The van der Waals surface area contributed by atoms with Gasteiger partial charge in [0.1, 0.15) is 11.5 Å². The summed E-state index contributed by atoms with van der Waals surface area (Å²) in [7, 11) is 0. The van der Waals surface area contributed by atoms with Gasteiger partial charge in [-0.3, -0.25) is 19.2 Å². The highest BCUT2D eigenvalue weighted by Crippen LogP contribution is 2.39. The Bertz CT molecular complexity index is 1330. The van der Waals surface area contributed by atoms with Crippen molar-refractivity contribution in [3.63, 3.8) is 0 Å². The second-order valence-electron chi connectivity index (χ2n) is 9.57. The van der Waals surface area contributed by atoms with Gasteiger partial charge in [-0.1, -0.05) is 12.1 Å². The molecular weight excluding hydrogens is 508 g/mol. The summed E-state index contributed by atoms with van der Waals surface area (Å²) < 4.78 is 27.0. The van der Waals surface area contributed by atoms with Crippen molar-refractivity contribution in [2.24, 2.45) is 11.8 Å². The number of esters is 3. The van der Waals surface area contributed by atoms with Crippen LogP contribution < -0.4 is 9.47 Å². The summed E-state index contributed by atoms with van der Waals surface area (Å²) >= 11 is 0. The number of hydrogen-bond acceptors (Lipinski definition) is 10. The highest BCUT2D eigenvalue weighted by atomic mass is 16.5. The van der Waals surface area contributed by atoms with Crippen LogP contribution in [0.3, 0.4) is 0 Å². The van der Waals surface area contributed by atoms with E-state index in [0.29, 0.717) is 52.1 Å². The third-order valence-electron chi connectivity index (χ3n) is 7.11. The van der Waals surface area contributed by atoms with Crippen molar-refractivity contribution in [2.45, 2.75) is 32.6 Å². The van der Waals surface area contributed by atoms with Gasteiger partial charge in [0.2, 0.25) is 5.78 Å². The zero-order chi connectivity index (χ0) is 27.5. The Morgan fingerprint density at radius 1 is 0.769 bits per heavy atom. The Labute approximate surface area is 224 Å². The number of benzene rings is 2. The van der Waals surface area contributed by atoms with E-state index in [-0.39, 0.29) is 51.8 Å². The molecule has 2 fully saturated rings. The number of ether oxygens (including phenoxy) is 5. The van der Waals surface area contributed by atoms with E-state index in [1.807, 2.05) is 0 Å². The van der Waals surface area contributed by atoms with Crippen LogP contribution in [0.15, 0.2) is 30.3 Å². The SMILES string of the molecule is CCOC(=O)c1cc(OC(=O)C2CCOCC2)c2c(c1)C(=O)c1cccc(OC(=O)C3CCOCC3)c1C2=O. The minimum atomic E-state index is -0.728. The summed E-state index contributed by atoms with van der Waals surface area (Å²) in [5.41, 5.74) is -0.372. The zero-order valence-corrected chi connectivity index (χ0v) is 21.5. The molecule has 0 atom stereocenters. The molecule has 39 heavy (non-hydrogen) atoms. The summed E-state index contributed by atoms with van der Waals surface area (Å²) in [6, 6.07) is 6.93. The van der Waals surface area contributed by atoms with E-state index in [0.717, 1.165) is 0 Å². The van der Waals surface area contributed by atoms with Gasteiger partial charge >= 0.3 is 17.9 Å². The molecule has 2 aromatic carbocycles. The second kappa shape index (κ2) is 11.5. The molecule has 10 heteroatoms. The number of fused-ring (bicyclic) bond motifs is 2. The number of hydrogen-bond donors (Lipinski definition) is 0. The predicted octanol–water partition coefficient (Wildman–Crippen LogP) is 3.30. The molecule has 0 radical (unpaired) electrons. The Morgan fingerprint density at radius 3 is 1.92 bits per heavy atom. The lowest BCUT2D eigenvalue weighted by atomic mass is 9.82. The quantitative estimate of drug-likeness (QED) is 0.341. The minimum absolute atomic E-state index is 0.0208. The first-order valence-corrected chi connectivity index (χ1v) is 13.1. The monoisotopic (exact) mass is 536 g/mol. The molecule has 3 aliphatic rings. The van der Waals surface area contributed by atoms with Crippen LogP contribution in [0.4, 0.5) is 0 Å². The fourth-order valence-corrected chi connectivity index (χ4v) is 5.00. The Hall–Kier alpha value is -3.89. The third kappa shape index (κ3) is 5.35.